The number of H-pyrrole nitrogens is 1. The Morgan fingerprint density at radius 2 is 2.00 bits per heavy atom. The molecular formula is C12H15FN4. The van der Waals surface area contributed by atoms with Gasteiger partial charge in [-0.2, -0.15) is 5.10 Å². The number of pyridine rings is 1. The number of aromatic nitrogens is 3. The molecule has 0 saturated carbocycles. The molecule has 0 bridgehead atoms. The van der Waals surface area contributed by atoms with E-state index in [1.54, 1.807) is 6.20 Å². The topological polar surface area (TPSA) is 53.6 Å². The molecule has 0 radical (unpaired) electrons. The van der Waals surface area contributed by atoms with Crippen LogP contribution >= 0.6 is 0 Å². The van der Waals surface area contributed by atoms with Crippen molar-refractivity contribution in [3.63, 3.8) is 0 Å². The maximum absolute atomic E-state index is 13.0. The predicted molar refractivity (Wildman–Crippen MR) is 65.2 cm³/mol. The summed E-state index contributed by atoms with van der Waals surface area (Å²) >= 11 is 0. The zero-order chi connectivity index (χ0) is 12.5. The molecule has 0 saturated heterocycles. The van der Waals surface area contributed by atoms with Gasteiger partial charge in [0.25, 0.3) is 0 Å². The quantitative estimate of drug-likeness (QED) is 0.840. The molecule has 17 heavy (non-hydrogen) atoms. The van der Waals surface area contributed by atoms with Crippen molar-refractivity contribution in [1.29, 1.82) is 0 Å². The van der Waals surface area contributed by atoms with E-state index in [0.29, 0.717) is 5.56 Å². The predicted octanol–water partition coefficient (Wildman–Crippen LogP) is 2.82. The van der Waals surface area contributed by atoms with Crippen molar-refractivity contribution in [2.24, 2.45) is 0 Å². The molecular weight excluding hydrogens is 219 g/mol. The van der Waals surface area contributed by atoms with Gasteiger partial charge in [0.15, 0.2) is 0 Å². The molecule has 0 unspecified atom stereocenters. The Bertz CT molecular complexity index is 513. The molecule has 0 aliphatic rings. The average molecular weight is 234 g/mol. The highest BCUT2D eigenvalue weighted by atomic mass is 19.1. The number of hydrogen-bond donors (Lipinski definition) is 2. The summed E-state index contributed by atoms with van der Waals surface area (Å²) in [6.07, 6.45) is 2.77. The Labute approximate surface area is 99.3 Å². The van der Waals surface area contributed by atoms with Gasteiger partial charge in [0, 0.05) is 23.4 Å². The van der Waals surface area contributed by atoms with Crippen molar-refractivity contribution < 1.29 is 4.39 Å². The third-order valence-electron chi connectivity index (χ3n) is 2.10. The maximum Gasteiger partial charge on any atom is 0.148 e. The van der Waals surface area contributed by atoms with Crippen LogP contribution in [-0.2, 0) is 0 Å². The first kappa shape index (κ1) is 11.6. The van der Waals surface area contributed by atoms with Gasteiger partial charge in [-0.25, -0.2) is 4.39 Å². The summed E-state index contributed by atoms with van der Waals surface area (Å²) in [5.41, 5.74) is 1.36. The van der Waals surface area contributed by atoms with Crippen LogP contribution in [0.15, 0.2) is 24.5 Å². The lowest BCUT2D eigenvalue weighted by Gasteiger charge is -2.19. The SMILES string of the molecule is CC(C)(C)Nc1cc(-c2cncc(F)c2)[nH]n1. The normalized spacial score (nSPS) is 11.5. The maximum atomic E-state index is 13.0. The molecule has 5 heteroatoms. The molecule has 0 amide bonds. The molecule has 0 aliphatic heterocycles. The smallest absolute Gasteiger partial charge is 0.148 e. The number of anilines is 1. The highest BCUT2D eigenvalue weighted by Gasteiger charge is 2.12. The van der Waals surface area contributed by atoms with Gasteiger partial charge in [-0.3, -0.25) is 10.1 Å². The highest BCUT2D eigenvalue weighted by Crippen LogP contribution is 2.21. The first-order valence-electron chi connectivity index (χ1n) is 5.38. The van der Waals surface area contributed by atoms with Crippen molar-refractivity contribution in [2.75, 3.05) is 5.32 Å². The zero-order valence-electron chi connectivity index (χ0n) is 10.1. The van der Waals surface area contributed by atoms with Gasteiger partial charge < -0.3 is 5.32 Å². The average Bonchev–Trinajstić information content (AvgIpc) is 2.63. The lowest BCUT2D eigenvalue weighted by Crippen LogP contribution is -2.26. The molecule has 90 valence electrons. The largest absolute Gasteiger partial charge is 0.364 e. The van der Waals surface area contributed by atoms with E-state index in [-0.39, 0.29) is 11.4 Å². The minimum atomic E-state index is -0.359. The first-order chi connectivity index (χ1) is 7.94. The Morgan fingerprint density at radius 3 is 2.65 bits per heavy atom. The molecule has 2 heterocycles. The Morgan fingerprint density at radius 1 is 1.24 bits per heavy atom. The molecule has 0 spiro atoms. The van der Waals surface area contributed by atoms with Crippen molar-refractivity contribution in [3.8, 4) is 11.3 Å². The van der Waals surface area contributed by atoms with Crippen LogP contribution in [0.3, 0.4) is 0 Å². The summed E-state index contributed by atoms with van der Waals surface area (Å²) < 4.78 is 13.0. The van der Waals surface area contributed by atoms with Gasteiger partial charge in [0.1, 0.15) is 11.6 Å². The van der Waals surface area contributed by atoms with Crippen molar-refractivity contribution in [1.82, 2.24) is 15.2 Å². The van der Waals surface area contributed by atoms with Gasteiger partial charge in [-0.15, -0.1) is 0 Å². The van der Waals surface area contributed by atoms with E-state index < -0.39 is 0 Å². The van der Waals surface area contributed by atoms with Gasteiger partial charge in [0.05, 0.1) is 11.9 Å². The standard InChI is InChI=1S/C12H15FN4/c1-12(2,3)15-11-5-10(16-17-11)8-4-9(13)7-14-6-8/h4-7H,1-3H3,(H2,15,16,17). The lowest BCUT2D eigenvalue weighted by molar-refractivity contribution is 0.622. The second-order valence-electron chi connectivity index (χ2n) is 4.93. The van der Waals surface area contributed by atoms with E-state index in [1.165, 1.54) is 12.3 Å². The van der Waals surface area contributed by atoms with E-state index in [1.807, 2.05) is 26.8 Å². The monoisotopic (exact) mass is 234 g/mol. The number of hydrogen-bond acceptors (Lipinski definition) is 3. The minimum absolute atomic E-state index is 0.0628. The number of halogens is 1. The molecule has 0 aromatic carbocycles. The van der Waals surface area contributed by atoms with Gasteiger partial charge in [-0.05, 0) is 26.8 Å². The summed E-state index contributed by atoms with van der Waals surface area (Å²) in [6, 6.07) is 3.25. The van der Waals surface area contributed by atoms with E-state index in [0.717, 1.165) is 11.5 Å². The summed E-state index contributed by atoms with van der Waals surface area (Å²) in [6.45, 7) is 6.14. The van der Waals surface area contributed by atoms with Crippen LogP contribution < -0.4 is 5.32 Å². The van der Waals surface area contributed by atoms with E-state index in [2.05, 4.69) is 20.5 Å². The van der Waals surface area contributed by atoms with Crippen molar-refractivity contribution >= 4 is 5.82 Å². The zero-order valence-corrected chi connectivity index (χ0v) is 10.1. The highest BCUT2D eigenvalue weighted by molar-refractivity contribution is 5.61. The van der Waals surface area contributed by atoms with E-state index in [4.69, 9.17) is 0 Å². The molecule has 2 aromatic heterocycles. The molecule has 0 fully saturated rings. The number of nitrogens with one attached hydrogen (secondary N) is 2. The van der Waals surface area contributed by atoms with Gasteiger partial charge in [0.2, 0.25) is 0 Å². The van der Waals surface area contributed by atoms with Crippen LogP contribution in [0.5, 0.6) is 0 Å². The Kier molecular flexibility index (Phi) is 2.83. The summed E-state index contributed by atoms with van der Waals surface area (Å²) in [5, 5.41) is 10.2. The summed E-state index contributed by atoms with van der Waals surface area (Å²) in [7, 11) is 0. The van der Waals surface area contributed by atoms with Crippen molar-refractivity contribution in [2.45, 2.75) is 26.3 Å². The second kappa shape index (κ2) is 4.16. The molecule has 0 aliphatic carbocycles. The molecule has 0 atom stereocenters. The van der Waals surface area contributed by atoms with Crippen LogP contribution in [0.1, 0.15) is 20.8 Å². The third-order valence-corrected chi connectivity index (χ3v) is 2.10. The van der Waals surface area contributed by atoms with Gasteiger partial charge in [-0.1, -0.05) is 0 Å². The van der Waals surface area contributed by atoms with Crippen LogP contribution in [-0.4, -0.2) is 20.7 Å². The lowest BCUT2D eigenvalue weighted by atomic mass is 10.1. The van der Waals surface area contributed by atoms with E-state index in [9.17, 15) is 4.39 Å². The summed E-state index contributed by atoms with van der Waals surface area (Å²) in [4.78, 5) is 3.80. The first-order valence-corrected chi connectivity index (χ1v) is 5.38. The molecule has 2 rings (SSSR count). The van der Waals surface area contributed by atoms with Crippen LogP contribution in [0.2, 0.25) is 0 Å². The van der Waals surface area contributed by atoms with Gasteiger partial charge >= 0.3 is 0 Å². The Hall–Kier alpha value is -1.91. The van der Waals surface area contributed by atoms with E-state index >= 15 is 0 Å². The number of aromatic amines is 1. The van der Waals surface area contributed by atoms with Crippen molar-refractivity contribution in [3.05, 3.63) is 30.3 Å². The fourth-order valence-corrected chi connectivity index (χ4v) is 1.48. The second-order valence-corrected chi connectivity index (χ2v) is 4.93. The number of nitrogens with zero attached hydrogens (tertiary/aromatic N) is 2. The molecule has 2 aromatic rings. The molecule has 4 nitrogen and oxygen atoms in total. The fraction of sp³-hybridized carbons (Fsp3) is 0.333. The van der Waals surface area contributed by atoms with Crippen LogP contribution in [0, 0.1) is 5.82 Å². The van der Waals surface area contributed by atoms with Crippen LogP contribution in [0.25, 0.3) is 11.3 Å². The number of rotatable bonds is 2. The van der Waals surface area contributed by atoms with Crippen LogP contribution in [0.4, 0.5) is 10.2 Å². The third kappa shape index (κ3) is 3.03. The Balaban J connectivity index is 2.24. The minimum Gasteiger partial charge on any atom is -0.364 e. The summed E-state index contributed by atoms with van der Waals surface area (Å²) in [5.74, 6) is 0.374. The fourth-order valence-electron chi connectivity index (χ4n) is 1.48. The molecule has 2 N–H and O–H groups in total.